The Morgan fingerprint density at radius 3 is 2.78 bits per heavy atom. The van der Waals surface area contributed by atoms with Crippen LogP contribution in [-0.4, -0.2) is 34.7 Å². The van der Waals surface area contributed by atoms with Crippen molar-refractivity contribution in [2.24, 2.45) is 16.5 Å². The number of aromatic nitrogens is 3. The van der Waals surface area contributed by atoms with E-state index in [0.29, 0.717) is 42.4 Å². The average Bonchev–Trinajstić information content (AvgIpc) is 2.88. The van der Waals surface area contributed by atoms with Crippen LogP contribution in [0.2, 0.25) is 0 Å². The van der Waals surface area contributed by atoms with Gasteiger partial charge in [-0.1, -0.05) is 19.9 Å². The van der Waals surface area contributed by atoms with Crippen molar-refractivity contribution < 1.29 is 14.2 Å². The number of nitrogens with zero attached hydrogens (tertiary/aromatic N) is 4. The Kier molecular flexibility index (Phi) is 5.01. The summed E-state index contributed by atoms with van der Waals surface area (Å²) in [5.74, 6) is 2.29. The van der Waals surface area contributed by atoms with Gasteiger partial charge in [0.05, 0.1) is 42.9 Å². The number of allylic oxidation sites excluding steroid dienone is 1. The van der Waals surface area contributed by atoms with Crippen molar-refractivity contribution in [2.45, 2.75) is 43.7 Å². The zero-order valence-corrected chi connectivity index (χ0v) is 20.5. The zero-order valence-electron chi connectivity index (χ0n) is 20.5. The van der Waals surface area contributed by atoms with E-state index in [0.717, 1.165) is 27.7 Å². The predicted octanol–water partition coefficient (Wildman–Crippen LogP) is 3.55. The van der Waals surface area contributed by atoms with E-state index in [1.807, 2.05) is 24.3 Å². The first-order chi connectivity index (χ1) is 17.3. The molecule has 0 bridgehead atoms. The molecule has 5 heterocycles. The number of amidine groups is 1. The van der Waals surface area contributed by atoms with Crippen LogP contribution < -0.4 is 20.9 Å². The fraction of sp³-hybridized carbons (Fsp3) is 0.333. The topological polar surface area (TPSA) is 131 Å². The van der Waals surface area contributed by atoms with Crippen LogP contribution in [0.1, 0.15) is 49.6 Å². The van der Waals surface area contributed by atoms with Crippen molar-refractivity contribution in [1.29, 1.82) is 0 Å². The first kappa shape index (κ1) is 22.5. The van der Waals surface area contributed by atoms with Crippen molar-refractivity contribution in [1.82, 2.24) is 15.0 Å². The first-order valence-electron chi connectivity index (χ1n) is 12.0. The van der Waals surface area contributed by atoms with Crippen LogP contribution in [0.25, 0.3) is 10.9 Å². The van der Waals surface area contributed by atoms with E-state index in [-0.39, 0.29) is 11.9 Å². The number of rotatable bonds is 3. The minimum absolute atomic E-state index is 0.151. The van der Waals surface area contributed by atoms with Gasteiger partial charge in [0.1, 0.15) is 17.0 Å². The molecule has 1 spiro atoms. The van der Waals surface area contributed by atoms with Crippen LogP contribution in [0.3, 0.4) is 0 Å². The highest BCUT2D eigenvalue weighted by molar-refractivity contribution is 5.83. The van der Waals surface area contributed by atoms with E-state index in [1.54, 1.807) is 25.7 Å². The lowest BCUT2D eigenvalue weighted by molar-refractivity contribution is 0.206. The molecule has 0 saturated carbocycles. The van der Waals surface area contributed by atoms with Crippen LogP contribution in [-0.2, 0) is 15.8 Å². The summed E-state index contributed by atoms with van der Waals surface area (Å²) in [4.78, 5) is 18.8. The molecule has 3 aromatic heterocycles. The second-order valence-corrected chi connectivity index (χ2v) is 9.77. The van der Waals surface area contributed by atoms with Gasteiger partial charge in [0.15, 0.2) is 5.75 Å². The van der Waals surface area contributed by atoms with Gasteiger partial charge in [-0.3, -0.25) is 15.0 Å². The number of nitrogens with two attached hydrogens (primary N) is 2. The maximum Gasteiger partial charge on any atom is 0.283 e. The van der Waals surface area contributed by atoms with Gasteiger partial charge < -0.3 is 25.7 Å². The Bertz CT molecular complexity index is 1480. The lowest BCUT2D eigenvalue weighted by Crippen LogP contribution is -2.46. The summed E-state index contributed by atoms with van der Waals surface area (Å²) in [7, 11) is 1.62. The predicted molar refractivity (Wildman–Crippen MR) is 136 cm³/mol. The van der Waals surface area contributed by atoms with E-state index in [1.165, 1.54) is 0 Å². The van der Waals surface area contributed by atoms with Crippen LogP contribution in [0.15, 0.2) is 65.3 Å². The molecule has 0 saturated heterocycles. The Hall–Kier alpha value is -3.98. The van der Waals surface area contributed by atoms with Crippen molar-refractivity contribution in [3.63, 3.8) is 0 Å². The number of methoxy groups -OCH3 is 1. The first-order valence-corrected chi connectivity index (χ1v) is 12.0. The maximum atomic E-state index is 7.11. The molecule has 0 amide bonds. The molecule has 2 aliphatic heterocycles. The van der Waals surface area contributed by atoms with E-state index in [4.69, 9.17) is 30.7 Å². The second-order valence-electron chi connectivity index (χ2n) is 9.77. The molecule has 9 nitrogen and oxygen atoms in total. The molecule has 0 radical (unpaired) electrons. The summed E-state index contributed by atoms with van der Waals surface area (Å²) in [5, 5.41) is 0.901. The van der Waals surface area contributed by atoms with Crippen molar-refractivity contribution in [3.05, 3.63) is 77.2 Å². The molecule has 3 aliphatic rings. The SMILES string of the molecule is COc1cnc2c(C3(N)C=CC4=C(C3)C3(CCOC(N)=N3)c3cc(C(C)C)ncc3O4)nccc2c1. The minimum Gasteiger partial charge on any atom is -0.495 e. The normalized spacial score (nSPS) is 24.8. The lowest BCUT2D eigenvalue weighted by atomic mass is 9.70. The number of aliphatic imine (C=N–C) groups is 1. The lowest BCUT2D eigenvalue weighted by Gasteiger charge is -2.44. The van der Waals surface area contributed by atoms with Crippen LogP contribution in [0, 0.1) is 0 Å². The molecule has 4 N–H and O–H groups in total. The number of ether oxygens (including phenoxy) is 3. The third-order valence-electron chi connectivity index (χ3n) is 7.21. The number of fused-ring (bicyclic) bond motifs is 4. The average molecular weight is 485 g/mol. The highest BCUT2D eigenvalue weighted by Crippen LogP contribution is 2.53. The molecule has 2 atom stereocenters. The molecule has 6 rings (SSSR count). The summed E-state index contributed by atoms with van der Waals surface area (Å²) in [6.45, 7) is 4.65. The van der Waals surface area contributed by atoms with Gasteiger partial charge in [-0.05, 0) is 30.2 Å². The largest absolute Gasteiger partial charge is 0.495 e. The summed E-state index contributed by atoms with van der Waals surface area (Å²) >= 11 is 0. The monoisotopic (exact) mass is 484 g/mol. The molecule has 0 fully saturated rings. The molecule has 184 valence electrons. The van der Waals surface area contributed by atoms with Gasteiger partial charge in [-0.15, -0.1) is 0 Å². The zero-order chi connectivity index (χ0) is 25.1. The molecule has 3 aromatic rings. The molecule has 0 aromatic carbocycles. The Labute approximate surface area is 208 Å². The fourth-order valence-corrected chi connectivity index (χ4v) is 5.32. The maximum absolute atomic E-state index is 7.11. The van der Waals surface area contributed by atoms with Gasteiger partial charge in [-0.2, -0.15) is 0 Å². The molecular formula is C27H28N6O3. The third kappa shape index (κ3) is 3.34. The van der Waals surface area contributed by atoms with Crippen LogP contribution in [0.5, 0.6) is 11.5 Å². The van der Waals surface area contributed by atoms with Crippen molar-refractivity contribution in [2.75, 3.05) is 13.7 Å². The van der Waals surface area contributed by atoms with Crippen LogP contribution >= 0.6 is 0 Å². The molecule has 1 aliphatic carbocycles. The number of hydrogen-bond donors (Lipinski definition) is 2. The third-order valence-corrected chi connectivity index (χ3v) is 7.21. The second kappa shape index (κ2) is 8.03. The van der Waals surface area contributed by atoms with Gasteiger partial charge in [0, 0.05) is 41.3 Å². The smallest absolute Gasteiger partial charge is 0.283 e. The van der Waals surface area contributed by atoms with Crippen molar-refractivity contribution >= 4 is 16.9 Å². The van der Waals surface area contributed by atoms with E-state index in [2.05, 4.69) is 34.9 Å². The summed E-state index contributed by atoms with van der Waals surface area (Å²) in [5.41, 5.74) is 15.8. The molecule has 36 heavy (non-hydrogen) atoms. The van der Waals surface area contributed by atoms with E-state index in [9.17, 15) is 0 Å². The van der Waals surface area contributed by atoms with Crippen molar-refractivity contribution in [3.8, 4) is 11.5 Å². The Balaban J connectivity index is 1.51. The molecular weight excluding hydrogens is 456 g/mol. The van der Waals surface area contributed by atoms with E-state index >= 15 is 0 Å². The Morgan fingerprint density at radius 1 is 1.14 bits per heavy atom. The molecule has 9 heteroatoms. The van der Waals surface area contributed by atoms with Gasteiger partial charge >= 0.3 is 0 Å². The molecule has 2 unspecified atom stereocenters. The van der Waals surface area contributed by atoms with Crippen LogP contribution in [0.4, 0.5) is 0 Å². The van der Waals surface area contributed by atoms with Gasteiger partial charge in [0.2, 0.25) is 0 Å². The van der Waals surface area contributed by atoms with E-state index < -0.39 is 11.1 Å². The number of hydrogen-bond acceptors (Lipinski definition) is 9. The quantitative estimate of drug-likeness (QED) is 0.577. The summed E-state index contributed by atoms with van der Waals surface area (Å²) in [6.07, 6.45) is 10.1. The standard InChI is InChI=1S/C27H28N6O3/c1-15(2)20-11-18-22(14-31-20)36-21-4-6-26(29,12-19(21)27(18)7-9-35-25(28)33-27)24-23-16(5-8-30-24)10-17(34-3)13-32-23/h4-6,8,10-11,13-15H,7,9,12,29H2,1-3H3,(H2,28,33). The Morgan fingerprint density at radius 2 is 2.00 bits per heavy atom. The minimum atomic E-state index is -0.940. The van der Waals surface area contributed by atoms with Gasteiger partial charge in [-0.25, -0.2) is 4.99 Å². The summed E-state index contributed by atoms with van der Waals surface area (Å²) < 4.78 is 17.3. The highest BCUT2D eigenvalue weighted by Gasteiger charge is 2.50. The number of pyridine rings is 3. The fourth-order valence-electron chi connectivity index (χ4n) is 5.32. The summed E-state index contributed by atoms with van der Waals surface area (Å²) in [6, 6.07) is 6.06. The van der Waals surface area contributed by atoms with Gasteiger partial charge in [0.25, 0.3) is 6.02 Å². The highest BCUT2D eigenvalue weighted by atomic mass is 16.5.